The molecule has 0 unspecified atom stereocenters. The van der Waals surface area contributed by atoms with E-state index in [0.29, 0.717) is 0 Å². The molecule has 0 radical (unpaired) electrons. The lowest BCUT2D eigenvalue weighted by Crippen LogP contribution is -2.20. The van der Waals surface area contributed by atoms with Crippen molar-refractivity contribution in [3.8, 4) is 0 Å². The fourth-order valence-electron chi connectivity index (χ4n) is 4.34. The van der Waals surface area contributed by atoms with Gasteiger partial charge in [-0.05, 0) is 93.1 Å². The van der Waals surface area contributed by atoms with Crippen LogP contribution in [0.15, 0.2) is 125 Å². The van der Waals surface area contributed by atoms with Gasteiger partial charge in [0.15, 0.2) is 0 Å². The van der Waals surface area contributed by atoms with Gasteiger partial charge in [-0.1, -0.05) is 109 Å². The average Bonchev–Trinajstić information content (AvgIpc) is 3.81. The van der Waals surface area contributed by atoms with Crippen LogP contribution in [-0.4, -0.2) is 0 Å². The maximum Gasteiger partial charge on any atom is 0.0270 e. The van der Waals surface area contributed by atoms with Crippen molar-refractivity contribution in [2.24, 2.45) is 0 Å². The van der Waals surface area contributed by atoms with E-state index in [0.717, 1.165) is 0 Å². The zero-order chi connectivity index (χ0) is 27.0. The highest BCUT2D eigenvalue weighted by molar-refractivity contribution is 7.79. The summed E-state index contributed by atoms with van der Waals surface area (Å²) in [7, 11) is -0.686. The van der Waals surface area contributed by atoms with Crippen LogP contribution in [0.25, 0.3) is 36.5 Å². The molecule has 40 heavy (non-hydrogen) atoms. The fraction of sp³-hybridized carbons (Fsp3) is 0. The van der Waals surface area contributed by atoms with E-state index in [1.807, 2.05) is 0 Å². The third-order valence-corrected chi connectivity index (χ3v) is 11.4. The molecule has 0 N–H and O–H groups in total. The Labute approximate surface area is 249 Å². The first-order valence-corrected chi connectivity index (χ1v) is 17.0. The predicted octanol–water partition coefficient (Wildman–Crippen LogP) is 10.1. The summed E-state index contributed by atoms with van der Waals surface area (Å²) in [4.78, 5) is 3.81. The van der Waals surface area contributed by atoms with E-state index in [9.17, 15) is 0 Å². The highest BCUT2D eigenvalue weighted by Crippen LogP contribution is 2.33. The Morgan fingerprint density at radius 1 is 0.350 bits per heavy atom. The molecule has 0 aliphatic rings. The molecular formula is C36H27PS3. The molecule has 0 aliphatic heterocycles. The molecule has 3 aromatic carbocycles. The second-order valence-corrected chi connectivity index (χ2v) is 14.3. The van der Waals surface area contributed by atoms with Crippen molar-refractivity contribution in [3.63, 3.8) is 0 Å². The summed E-state index contributed by atoms with van der Waals surface area (Å²) in [5, 5.41) is 10.4. The molecule has 3 aromatic heterocycles. The lowest BCUT2D eigenvalue weighted by atomic mass is 10.2. The van der Waals surface area contributed by atoms with Crippen LogP contribution in [0.2, 0.25) is 0 Å². The maximum atomic E-state index is 2.30. The van der Waals surface area contributed by atoms with Crippen molar-refractivity contribution >= 4 is 94.3 Å². The average molecular weight is 587 g/mol. The van der Waals surface area contributed by atoms with Crippen LogP contribution < -0.4 is 15.9 Å². The van der Waals surface area contributed by atoms with Gasteiger partial charge in [0.1, 0.15) is 0 Å². The Morgan fingerprint density at radius 2 is 0.650 bits per heavy atom. The first kappa shape index (κ1) is 26.6. The Bertz CT molecular complexity index is 1480. The molecule has 0 saturated carbocycles. The van der Waals surface area contributed by atoms with Crippen LogP contribution in [-0.2, 0) is 0 Å². The van der Waals surface area contributed by atoms with Gasteiger partial charge in [0.05, 0.1) is 0 Å². The SMILES string of the molecule is C(=Cc1cccs1)c1ccc(P(c2ccc(C=Cc3cccs3)cc2)c2ccc(C=Cc3cccs3)cc2)cc1. The molecule has 0 atom stereocenters. The number of hydrogen-bond acceptors (Lipinski definition) is 3. The number of benzene rings is 3. The van der Waals surface area contributed by atoms with Gasteiger partial charge in [0.25, 0.3) is 0 Å². The monoisotopic (exact) mass is 586 g/mol. The van der Waals surface area contributed by atoms with Gasteiger partial charge in [-0.25, -0.2) is 0 Å². The summed E-state index contributed by atoms with van der Waals surface area (Å²) in [6, 6.07) is 40.0. The smallest absolute Gasteiger partial charge is 0.0270 e. The van der Waals surface area contributed by atoms with Crippen LogP contribution in [0.3, 0.4) is 0 Å². The summed E-state index contributed by atoms with van der Waals surface area (Å²) in [5.41, 5.74) is 3.65. The van der Waals surface area contributed by atoms with E-state index in [2.05, 4.69) is 162 Å². The van der Waals surface area contributed by atoms with Gasteiger partial charge in [0, 0.05) is 14.6 Å². The highest BCUT2D eigenvalue weighted by Gasteiger charge is 2.16. The molecule has 0 nitrogen and oxygen atoms in total. The van der Waals surface area contributed by atoms with E-state index in [-0.39, 0.29) is 0 Å². The van der Waals surface area contributed by atoms with Gasteiger partial charge in [-0.2, -0.15) is 0 Å². The van der Waals surface area contributed by atoms with Crippen LogP contribution >= 0.6 is 41.9 Å². The number of thiophene rings is 3. The number of rotatable bonds is 9. The third-order valence-electron chi connectivity index (χ3n) is 6.40. The van der Waals surface area contributed by atoms with E-state index < -0.39 is 7.92 Å². The fourth-order valence-corrected chi connectivity index (χ4v) is 8.43. The van der Waals surface area contributed by atoms with Gasteiger partial charge in [-0.15, -0.1) is 34.0 Å². The molecule has 3 heterocycles. The van der Waals surface area contributed by atoms with Crippen molar-refractivity contribution in [1.82, 2.24) is 0 Å². The van der Waals surface area contributed by atoms with E-state index in [1.165, 1.54) is 47.2 Å². The minimum atomic E-state index is -0.686. The van der Waals surface area contributed by atoms with Crippen molar-refractivity contribution in [3.05, 3.63) is 157 Å². The van der Waals surface area contributed by atoms with Crippen LogP contribution in [0.1, 0.15) is 31.3 Å². The Morgan fingerprint density at radius 3 is 0.900 bits per heavy atom. The topological polar surface area (TPSA) is 0 Å². The maximum absolute atomic E-state index is 2.30. The highest BCUT2D eigenvalue weighted by atomic mass is 32.1. The van der Waals surface area contributed by atoms with Crippen molar-refractivity contribution in [2.45, 2.75) is 0 Å². The van der Waals surface area contributed by atoms with Crippen LogP contribution in [0.4, 0.5) is 0 Å². The van der Waals surface area contributed by atoms with E-state index in [4.69, 9.17) is 0 Å². The Kier molecular flexibility index (Phi) is 8.77. The summed E-state index contributed by atoms with van der Waals surface area (Å²) >= 11 is 5.28. The zero-order valence-corrected chi connectivity index (χ0v) is 25.1. The molecule has 0 bridgehead atoms. The molecule has 0 amide bonds. The summed E-state index contributed by atoms with van der Waals surface area (Å²) < 4.78 is 0. The minimum absolute atomic E-state index is 0.686. The molecule has 0 spiro atoms. The molecule has 0 aliphatic carbocycles. The van der Waals surface area contributed by atoms with Gasteiger partial charge in [-0.3, -0.25) is 0 Å². The van der Waals surface area contributed by atoms with E-state index in [1.54, 1.807) is 34.0 Å². The van der Waals surface area contributed by atoms with Gasteiger partial charge < -0.3 is 0 Å². The molecule has 6 rings (SSSR count). The van der Waals surface area contributed by atoms with Crippen LogP contribution in [0.5, 0.6) is 0 Å². The summed E-state index contributed by atoms with van der Waals surface area (Å²) in [6.07, 6.45) is 13.2. The molecule has 4 heteroatoms. The molecule has 194 valence electrons. The lowest BCUT2D eigenvalue weighted by molar-refractivity contribution is 1.68. The molecule has 6 aromatic rings. The second kappa shape index (κ2) is 13.2. The molecular weight excluding hydrogens is 560 g/mol. The largest absolute Gasteiger partial charge is 0.144 e. The summed E-state index contributed by atoms with van der Waals surface area (Å²) in [6.45, 7) is 0. The van der Waals surface area contributed by atoms with E-state index >= 15 is 0 Å². The zero-order valence-electron chi connectivity index (χ0n) is 21.8. The molecule has 0 saturated heterocycles. The van der Waals surface area contributed by atoms with Crippen molar-refractivity contribution in [2.75, 3.05) is 0 Å². The first-order chi connectivity index (χ1) is 19.8. The van der Waals surface area contributed by atoms with Crippen molar-refractivity contribution < 1.29 is 0 Å². The predicted molar refractivity (Wildman–Crippen MR) is 185 cm³/mol. The quantitative estimate of drug-likeness (QED) is 0.148. The third kappa shape index (κ3) is 6.94. The summed E-state index contributed by atoms with van der Waals surface area (Å²) in [5.74, 6) is 0. The van der Waals surface area contributed by atoms with Gasteiger partial charge >= 0.3 is 0 Å². The first-order valence-electron chi connectivity index (χ1n) is 13.1. The Balaban J connectivity index is 1.28. The Hall–Kier alpha value is -3.59. The molecule has 0 fully saturated rings. The second-order valence-electron chi connectivity index (χ2n) is 9.16. The lowest BCUT2D eigenvalue weighted by Gasteiger charge is -2.20. The van der Waals surface area contributed by atoms with Crippen LogP contribution in [0, 0.1) is 0 Å². The standard InChI is InChI=1S/C36H27PS3/c1-4-34(38-25-1)22-13-28-7-16-31(17-8-28)37(32-18-9-29(10-19-32)14-23-35-5-2-26-39-35)33-20-11-30(12-21-33)15-24-36-6-3-27-40-36/h1-27H. The normalized spacial score (nSPS) is 12.6. The van der Waals surface area contributed by atoms with Gasteiger partial charge in [0.2, 0.25) is 0 Å². The number of hydrogen-bond donors (Lipinski definition) is 0. The minimum Gasteiger partial charge on any atom is -0.144 e. The van der Waals surface area contributed by atoms with Crippen molar-refractivity contribution in [1.29, 1.82) is 0 Å².